The summed E-state index contributed by atoms with van der Waals surface area (Å²) in [6.07, 6.45) is 4.69. The van der Waals surface area contributed by atoms with Crippen LogP contribution in [0, 0.1) is 11.7 Å². The average molecular weight is 259 g/mol. The number of rotatable bonds is 3. The van der Waals surface area contributed by atoms with Crippen molar-refractivity contribution in [2.75, 3.05) is 18.1 Å². The quantitative estimate of drug-likeness (QED) is 0.819. The van der Waals surface area contributed by atoms with Crippen molar-refractivity contribution < 1.29 is 9.13 Å². The Kier molecular flexibility index (Phi) is 3.62. The molecule has 0 aromatic heterocycles. The van der Waals surface area contributed by atoms with E-state index in [1.54, 1.807) is 0 Å². The highest BCUT2D eigenvalue weighted by molar-refractivity contribution is 6.33. The molecule has 0 amide bonds. The minimum absolute atomic E-state index is 0.0242. The molecule has 17 heavy (non-hydrogen) atoms. The summed E-state index contributed by atoms with van der Waals surface area (Å²) < 4.78 is 19.2. The van der Waals surface area contributed by atoms with E-state index in [1.165, 1.54) is 18.9 Å². The standard InChI is InChI=1S/C12H16ClFN2O/c13-10-8(15)5-9(16)12(11(10)14)17-6-7-3-1-2-4-7/h5,7H,1-4,6,15-16H2. The van der Waals surface area contributed by atoms with E-state index in [2.05, 4.69) is 0 Å². The molecule has 1 aromatic rings. The molecule has 94 valence electrons. The first kappa shape index (κ1) is 12.3. The first-order valence-corrected chi connectivity index (χ1v) is 6.13. The monoisotopic (exact) mass is 258 g/mol. The highest BCUT2D eigenvalue weighted by Gasteiger charge is 2.19. The number of nitrogen functional groups attached to an aromatic ring is 2. The van der Waals surface area contributed by atoms with Crippen LogP contribution in [0.1, 0.15) is 25.7 Å². The van der Waals surface area contributed by atoms with Gasteiger partial charge in [0.25, 0.3) is 0 Å². The maximum absolute atomic E-state index is 13.8. The fraction of sp³-hybridized carbons (Fsp3) is 0.500. The number of halogens is 2. The Hall–Kier alpha value is -1.16. The molecular formula is C12H16ClFN2O. The van der Waals surface area contributed by atoms with Crippen LogP contribution in [0.3, 0.4) is 0 Å². The second-order valence-corrected chi connectivity index (χ2v) is 4.85. The topological polar surface area (TPSA) is 61.3 Å². The van der Waals surface area contributed by atoms with Gasteiger partial charge in [0.1, 0.15) is 5.02 Å². The Morgan fingerprint density at radius 2 is 1.94 bits per heavy atom. The number of hydrogen-bond donors (Lipinski definition) is 2. The molecule has 0 heterocycles. The lowest BCUT2D eigenvalue weighted by molar-refractivity contribution is 0.243. The van der Waals surface area contributed by atoms with Crippen molar-refractivity contribution >= 4 is 23.0 Å². The van der Waals surface area contributed by atoms with E-state index in [1.807, 2.05) is 0 Å². The van der Waals surface area contributed by atoms with Crippen LogP contribution in [0.15, 0.2) is 6.07 Å². The largest absolute Gasteiger partial charge is 0.488 e. The van der Waals surface area contributed by atoms with Crippen molar-refractivity contribution in [1.29, 1.82) is 0 Å². The first-order valence-electron chi connectivity index (χ1n) is 5.75. The lowest BCUT2D eigenvalue weighted by Crippen LogP contribution is -2.11. The SMILES string of the molecule is Nc1cc(N)c(OCC2CCCC2)c(F)c1Cl. The normalized spacial score (nSPS) is 16.4. The van der Waals surface area contributed by atoms with E-state index in [9.17, 15) is 4.39 Å². The molecule has 0 aliphatic heterocycles. The molecule has 1 fully saturated rings. The molecule has 2 rings (SSSR count). The zero-order valence-electron chi connectivity index (χ0n) is 9.51. The average Bonchev–Trinajstić information content (AvgIpc) is 2.79. The van der Waals surface area contributed by atoms with Crippen molar-refractivity contribution in [3.63, 3.8) is 0 Å². The van der Waals surface area contributed by atoms with Crippen LogP contribution in [-0.4, -0.2) is 6.61 Å². The minimum Gasteiger partial charge on any atom is -0.488 e. The van der Waals surface area contributed by atoms with Gasteiger partial charge in [0.2, 0.25) is 0 Å². The van der Waals surface area contributed by atoms with Gasteiger partial charge in [0.05, 0.1) is 18.0 Å². The summed E-state index contributed by atoms with van der Waals surface area (Å²) in [5.41, 5.74) is 11.5. The van der Waals surface area contributed by atoms with Crippen molar-refractivity contribution in [3.05, 3.63) is 16.9 Å². The highest BCUT2D eigenvalue weighted by Crippen LogP contribution is 2.36. The number of benzene rings is 1. The van der Waals surface area contributed by atoms with Gasteiger partial charge < -0.3 is 16.2 Å². The second-order valence-electron chi connectivity index (χ2n) is 4.47. The van der Waals surface area contributed by atoms with Crippen molar-refractivity contribution in [2.45, 2.75) is 25.7 Å². The number of nitrogens with two attached hydrogens (primary N) is 2. The highest BCUT2D eigenvalue weighted by atomic mass is 35.5. The van der Waals surface area contributed by atoms with Crippen molar-refractivity contribution in [2.24, 2.45) is 5.92 Å². The maximum Gasteiger partial charge on any atom is 0.187 e. The molecule has 4 N–H and O–H groups in total. The van der Waals surface area contributed by atoms with Crippen LogP contribution >= 0.6 is 11.6 Å². The number of hydrogen-bond acceptors (Lipinski definition) is 3. The summed E-state index contributed by atoms with van der Waals surface area (Å²) in [5.74, 6) is -0.150. The Labute approximate surface area is 105 Å². The van der Waals surface area contributed by atoms with Crippen LogP contribution < -0.4 is 16.2 Å². The van der Waals surface area contributed by atoms with Crippen molar-refractivity contribution in [1.82, 2.24) is 0 Å². The van der Waals surface area contributed by atoms with Gasteiger partial charge in [-0.25, -0.2) is 4.39 Å². The molecule has 1 aliphatic carbocycles. The smallest absolute Gasteiger partial charge is 0.187 e. The van der Waals surface area contributed by atoms with Crippen LogP contribution in [0.4, 0.5) is 15.8 Å². The third-order valence-electron chi connectivity index (χ3n) is 3.16. The van der Waals surface area contributed by atoms with E-state index in [-0.39, 0.29) is 22.1 Å². The molecule has 0 atom stereocenters. The fourth-order valence-corrected chi connectivity index (χ4v) is 2.31. The summed E-state index contributed by atoms with van der Waals surface area (Å²) in [6, 6.07) is 1.43. The van der Waals surface area contributed by atoms with Crippen molar-refractivity contribution in [3.8, 4) is 5.75 Å². The molecule has 0 saturated heterocycles. The molecule has 5 heteroatoms. The Morgan fingerprint density at radius 1 is 1.29 bits per heavy atom. The van der Waals surface area contributed by atoms with Gasteiger partial charge in [-0.2, -0.15) is 0 Å². The van der Waals surface area contributed by atoms with Gasteiger partial charge in [-0.15, -0.1) is 0 Å². The van der Waals surface area contributed by atoms with E-state index in [0.717, 1.165) is 12.8 Å². The van der Waals surface area contributed by atoms with E-state index < -0.39 is 5.82 Å². The van der Waals surface area contributed by atoms with Gasteiger partial charge >= 0.3 is 0 Å². The van der Waals surface area contributed by atoms with Gasteiger partial charge in [-0.05, 0) is 24.8 Å². The molecule has 1 aromatic carbocycles. The Bertz CT molecular complexity index is 419. The Morgan fingerprint density at radius 3 is 2.59 bits per heavy atom. The van der Waals surface area contributed by atoms with E-state index in [4.69, 9.17) is 27.8 Å². The lowest BCUT2D eigenvalue weighted by Gasteiger charge is -2.15. The van der Waals surface area contributed by atoms with Crippen LogP contribution in [0.2, 0.25) is 5.02 Å². The lowest BCUT2D eigenvalue weighted by atomic mass is 10.1. The molecule has 0 spiro atoms. The second kappa shape index (κ2) is 5.00. The molecule has 0 bridgehead atoms. The zero-order chi connectivity index (χ0) is 12.4. The Balaban J connectivity index is 2.12. The third-order valence-corrected chi connectivity index (χ3v) is 3.54. The summed E-state index contributed by atoms with van der Waals surface area (Å²) >= 11 is 5.71. The fourth-order valence-electron chi connectivity index (χ4n) is 2.17. The summed E-state index contributed by atoms with van der Waals surface area (Å²) in [4.78, 5) is 0. The number of ether oxygens (including phenoxy) is 1. The maximum atomic E-state index is 13.8. The van der Waals surface area contributed by atoms with Gasteiger partial charge in [0.15, 0.2) is 11.6 Å². The molecule has 0 radical (unpaired) electrons. The van der Waals surface area contributed by atoms with Crippen LogP contribution in [0.25, 0.3) is 0 Å². The van der Waals surface area contributed by atoms with E-state index in [0.29, 0.717) is 12.5 Å². The van der Waals surface area contributed by atoms with Gasteiger partial charge in [-0.3, -0.25) is 0 Å². The summed E-state index contributed by atoms with van der Waals surface area (Å²) in [6.45, 7) is 0.487. The van der Waals surface area contributed by atoms with Crippen LogP contribution in [0.5, 0.6) is 5.75 Å². The number of anilines is 2. The third kappa shape index (κ3) is 2.57. The van der Waals surface area contributed by atoms with Gasteiger partial charge in [-0.1, -0.05) is 24.4 Å². The predicted molar refractivity (Wildman–Crippen MR) is 67.7 cm³/mol. The van der Waals surface area contributed by atoms with E-state index >= 15 is 0 Å². The zero-order valence-corrected chi connectivity index (χ0v) is 10.3. The summed E-state index contributed by atoms with van der Waals surface area (Å²) in [7, 11) is 0. The summed E-state index contributed by atoms with van der Waals surface area (Å²) in [5, 5.41) is -0.124. The molecule has 1 saturated carbocycles. The van der Waals surface area contributed by atoms with Gasteiger partial charge in [0, 0.05) is 0 Å². The van der Waals surface area contributed by atoms with Crippen LogP contribution in [-0.2, 0) is 0 Å². The molecular weight excluding hydrogens is 243 g/mol. The molecule has 0 unspecified atom stereocenters. The molecule has 1 aliphatic rings. The first-order chi connectivity index (χ1) is 8.09. The molecule has 3 nitrogen and oxygen atoms in total. The predicted octanol–water partition coefficient (Wildman–Crippen LogP) is 3.21. The minimum atomic E-state index is -0.665.